The zero-order chi connectivity index (χ0) is 16.4. The molecule has 0 aliphatic carbocycles. The molecule has 1 aromatic heterocycles. The molecule has 0 saturated carbocycles. The maximum absolute atomic E-state index is 12.0. The highest BCUT2D eigenvalue weighted by Crippen LogP contribution is 2.25. The van der Waals surface area contributed by atoms with E-state index < -0.39 is 5.97 Å². The first-order valence-corrected chi connectivity index (χ1v) is 8.18. The van der Waals surface area contributed by atoms with Gasteiger partial charge in [0, 0.05) is 35.8 Å². The summed E-state index contributed by atoms with van der Waals surface area (Å²) in [5.41, 5.74) is 1.45. The van der Waals surface area contributed by atoms with E-state index in [1.54, 1.807) is 35.4 Å². The van der Waals surface area contributed by atoms with Gasteiger partial charge in [-0.3, -0.25) is 14.2 Å². The normalized spacial score (nSPS) is 14.3. The van der Waals surface area contributed by atoms with E-state index in [2.05, 4.69) is 0 Å². The largest absolute Gasteiger partial charge is 0.425 e. The van der Waals surface area contributed by atoms with Crippen LogP contribution in [0.4, 0.5) is 5.69 Å². The van der Waals surface area contributed by atoms with Gasteiger partial charge in [-0.05, 0) is 25.5 Å². The minimum Gasteiger partial charge on any atom is -0.425 e. The maximum atomic E-state index is 12.0. The van der Waals surface area contributed by atoms with Gasteiger partial charge in [0.25, 0.3) is 0 Å². The van der Waals surface area contributed by atoms with Gasteiger partial charge in [0.2, 0.25) is 5.91 Å². The van der Waals surface area contributed by atoms with Crippen molar-refractivity contribution in [1.29, 1.82) is 0 Å². The molecule has 0 spiro atoms. The van der Waals surface area contributed by atoms with Crippen molar-refractivity contribution in [3.05, 3.63) is 45.0 Å². The molecule has 1 amide bonds. The first-order valence-electron chi connectivity index (χ1n) is 7.30. The van der Waals surface area contributed by atoms with E-state index in [1.807, 2.05) is 6.07 Å². The summed E-state index contributed by atoms with van der Waals surface area (Å²) in [6, 6.07) is 6.88. The predicted octanol–water partition coefficient (Wildman–Crippen LogP) is 1.95. The third-order valence-corrected chi connectivity index (χ3v) is 4.58. The van der Waals surface area contributed by atoms with Gasteiger partial charge in [-0.15, -0.1) is 0 Å². The number of nitrogens with zero attached hydrogens (tertiary/aromatic N) is 2. The van der Waals surface area contributed by atoms with Gasteiger partial charge in [0.15, 0.2) is 0 Å². The van der Waals surface area contributed by atoms with Crippen molar-refractivity contribution in [2.24, 2.45) is 0 Å². The number of rotatable bonds is 4. The Morgan fingerprint density at radius 1 is 1.35 bits per heavy atom. The summed E-state index contributed by atoms with van der Waals surface area (Å²) in [5.74, 6) is -0.0689. The van der Waals surface area contributed by atoms with E-state index in [4.69, 9.17) is 4.74 Å². The second-order valence-electron chi connectivity index (χ2n) is 5.35. The Balaban J connectivity index is 1.72. The molecule has 0 N–H and O–H groups in total. The van der Waals surface area contributed by atoms with Crippen LogP contribution >= 0.6 is 11.3 Å². The van der Waals surface area contributed by atoms with Gasteiger partial charge in [-0.2, -0.15) is 0 Å². The lowest BCUT2D eigenvalue weighted by Gasteiger charge is -2.16. The smallest absolute Gasteiger partial charge is 0.331 e. The van der Waals surface area contributed by atoms with E-state index >= 15 is 0 Å². The Morgan fingerprint density at radius 3 is 2.83 bits per heavy atom. The number of carbonyl (C=O) groups excluding carboxylic acids is 2. The molecule has 1 aromatic carbocycles. The quantitative estimate of drug-likeness (QED) is 0.634. The molecule has 1 aliphatic heterocycles. The number of hydrogen-bond donors (Lipinski definition) is 0. The fraction of sp³-hybridized carbons (Fsp3) is 0.312. The third-order valence-electron chi connectivity index (χ3n) is 3.70. The summed E-state index contributed by atoms with van der Waals surface area (Å²) in [5, 5.41) is 1.70. The Hall–Kier alpha value is -2.41. The van der Waals surface area contributed by atoms with Gasteiger partial charge < -0.3 is 9.64 Å². The minimum absolute atomic E-state index is 0.0777. The zero-order valence-corrected chi connectivity index (χ0v) is 13.5. The maximum Gasteiger partial charge on any atom is 0.331 e. The van der Waals surface area contributed by atoms with Crippen LogP contribution in [0.1, 0.15) is 18.5 Å². The van der Waals surface area contributed by atoms with Crippen molar-refractivity contribution in [1.82, 2.24) is 4.57 Å². The molecule has 1 fully saturated rings. The van der Waals surface area contributed by atoms with Crippen molar-refractivity contribution in [2.75, 3.05) is 11.4 Å². The standard InChI is InChI=1S/C16H16N2O4S/c1-11-10-23-16(21)18(11)9-15(20)22-13-5-2-4-12(8-13)17-7-3-6-14(17)19/h2,4-5,8,10H,3,6-7,9H2,1H3. The molecule has 1 aliphatic rings. The molecule has 0 atom stereocenters. The molecule has 0 bridgehead atoms. The van der Waals surface area contributed by atoms with E-state index in [9.17, 15) is 14.4 Å². The Labute approximate surface area is 136 Å². The Kier molecular flexibility index (Phi) is 4.29. The van der Waals surface area contributed by atoms with Crippen LogP contribution in [0.3, 0.4) is 0 Å². The second-order valence-corrected chi connectivity index (χ2v) is 6.17. The number of ether oxygens (including phenoxy) is 1. The minimum atomic E-state index is -0.515. The number of carbonyl (C=O) groups is 2. The zero-order valence-electron chi connectivity index (χ0n) is 12.7. The molecular formula is C16H16N2O4S. The van der Waals surface area contributed by atoms with Crippen LogP contribution in [0.2, 0.25) is 0 Å². The summed E-state index contributed by atoms with van der Waals surface area (Å²) in [4.78, 5) is 36.9. The molecule has 2 heterocycles. The highest BCUT2D eigenvalue weighted by molar-refractivity contribution is 7.07. The number of benzene rings is 1. The third kappa shape index (κ3) is 3.34. The van der Waals surface area contributed by atoms with Gasteiger partial charge in [0.1, 0.15) is 12.3 Å². The molecule has 1 saturated heterocycles. The van der Waals surface area contributed by atoms with E-state index in [0.717, 1.165) is 29.1 Å². The first kappa shape index (κ1) is 15.5. The van der Waals surface area contributed by atoms with Crippen LogP contribution in [0.25, 0.3) is 0 Å². The summed E-state index contributed by atoms with van der Waals surface area (Å²) in [6.45, 7) is 2.32. The monoisotopic (exact) mass is 332 g/mol. The summed E-state index contributed by atoms with van der Waals surface area (Å²) < 4.78 is 6.68. The first-order chi connectivity index (χ1) is 11.0. The second kappa shape index (κ2) is 6.37. The van der Waals surface area contributed by atoms with E-state index in [1.165, 1.54) is 4.57 Å². The van der Waals surface area contributed by atoms with Crippen LogP contribution in [0.15, 0.2) is 34.4 Å². The molecule has 2 aromatic rings. The summed E-state index contributed by atoms with van der Waals surface area (Å²) >= 11 is 1.05. The van der Waals surface area contributed by atoms with Crippen molar-refractivity contribution < 1.29 is 14.3 Å². The lowest BCUT2D eigenvalue weighted by atomic mass is 10.3. The van der Waals surface area contributed by atoms with Crippen LogP contribution in [0, 0.1) is 6.92 Å². The van der Waals surface area contributed by atoms with Gasteiger partial charge >= 0.3 is 10.8 Å². The van der Waals surface area contributed by atoms with Crippen LogP contribution < -0.4 is 14.5 Å². The number of hydrogen-bond acceptors (Lipinski definition) is 5. The van der Waals surface area contributed by atoms with Crippen LogP contribution in [-0.4, -0.2) is 23.0 Å². The fourth-order valence-corrected chi connectivity index (χ4v) is 3.26. The molecule has 3 rings (SSSR count). The van der Waals surface area contributed by atoms with Gasteiger partial charge in [0.05, 0.1) is 0 Å². The van der Waals surface area contributed by atoms with Gasteiger partial charge in [-0.1, -0.05) is 17.4 Å². The Bertz CT molecular complexity index is 808. The average molecular weight is 332 g/mol. The number of esters is 1. The summed E-state index contributed by atoms with van der Waals surface area (Å²) in [6.07, 6.45) is 1.38. The molecule has 23 heavy (non-hydrogen) atoms. The number of aryl methyl sites for hydroxylation is 1. The SMILES string of the molecule is Cc1csc(=O)n1CC(=O)Oc1cccc(N2CCCC2=O)c1. The number of anilines is 1. The number of thiazole rings is 1. The Morgan fingerprint density at radius 2 is 2.17 bits per heavy atom. The molecule has 120 valence electrons. The van der Waals surface area contributed by atoms with Crippen molar-refractivity contribution in [3.63, 3.8) is 0 Å². The van der Waals surface area contributed by atoms with Crippen LogP contribution in [0.5, 0.6) is 5.75 Å². The summed E-state index contributed by atoms with van der Waals surface area (Å²) in [7, 11) is 0. The highest BCUT2D eigenvalue weighted by Gasteiger charge is 2.22. The molecule has 0 unspecified atom stereocenters. The lowest BCUT2D eigenvalue weighted by molar-refractivity contribution is -0.135. The van der Waals surface area contributed by atoms with E-state index in [-0.39, 0.29) is 17.3 Å². The van der Waals surface area contributed by atoms with Crippen LogP contribution in [-0.2, 0) is 16.1 Å². The highest BCUT2D eigenvalue weighted by atomic mass is 32.1. The van der Waals surface area contributed by atoms with Crippen molar-refractivity contribution in [2.45, 2.75) is 26.3 Å². The van der Waals surface area contributed by atoms with Gasteiger partial charge in [-0.25, -0.2) is 4.79 Å². The number of amides is 1. The molecule has 7 heteroatoms. The van der Waals surface area contributed by atoms with Crippen molar-refractivity contribution >= 4 is 28.9 Å². The average Bonchev–Trinajstić information content (AvgIpc) is 3.08. The molecule has 6 nitrogen and oxygen atoms in total. The molecular weight excluding hydrogens is 316 g/mol. The number of aromatic nitrogens is 1. The predicted molar refractivity (Wildman–Crippen MR) is 87.0 cm³/mol. The topological polar surface area (TPSA) is 68.6 Å². The molecule has 0 radical (unpaired) electrons. The fourth-order valence-electron chi connectivity index (χ4n) is 2.53. The van der Waals surface area contributed by atoms with Crippen molar-refractivity contribution in [3.8, 4) is 5.75 Å². The lowest BCUT2D eigenvalue weighted by Crippen LogP contribution is -2.25. The van der Waals surface area contributed by atoms with E-state index in [0.29, 0.717) is 18.7 Å².